The maximum absolute atomic E-state index is 11.7. The highest BCUT2D eigenvalue weighted by Gasteiger charge is 2.17. The van der Waals surface area contributed by atoms with E-state index in [0.717, 1.165) is 26.1 Å². The van der Waals surface area contributed by atoms with Crippen molar-refractivity contribution in [2.75, 3.05) is 26.2 Å². The van der Waals surface area contributed by atoms with Crippen molar-refractivity contribution in [1.82, 2.24) is 15.2 Å². The van der Waals surface area contributed by atoms with Gasteiger partial charge in [-0.1, -0.05) is 18.2 Å². The molecule has 0 unspecified atom stereocenters. The molecule has 0 radical (unpaired) electrons. The number of hydrogen-bond donors (Lipinski definition) is 2. The number of benzene rings is 1. The highest BCUT2D eigenvalue weighted by atomic mass is 16.2. The molecule has 0 aliphatic carbocycles. The molecule has 19 heavy (non-hydrogen) atoms. The van der Waals surface area contributed by atoms with Crippen molar-refractivity contribution < 1.29 is 4.79 Å². The Hall–Kier alpha value is -1.81. The lowest BCUT2D eigenvalue weighted by molar-refractivity contribution is -0.131. The van der Waals surface area contributed by atoms with Gasteiger partial charge in [-0.25, -0.2) is 0 Å². The third-order valence-electron chi connectivity index (χ3n) is 3.85. The molecule has 0 spiro atoms. The van der Waals surface area contributed by atoms with E-state index in [0.29, 0.717) is 6.54 Å². The van der Waals surface area contributed by atoms with E-state index < -0.39 is 0 Å². The van der Waals surface area contributed by atoms with Crippen LogP contribution in [0.2, 0.25) is 0 Å². The predicted molar refractivity (Wildman–Crippen MR) is 76.2 cm³/mol. The van der Waals surface area contributed by atoms with Crippen LogP contribution in [0.15, 0.2) is 24.4 Å². The van der Waals surface area contributed by atoms with Gasteiger partial charge in [0.25, 0.3) is 0 Å². The highest BCUT2D eigenvalue weighted by Crippen LogP contribution is 2.21. The highest BCUT2D eigenvalue weighted by molar-refractivity contribution is 5.86. The summed E-state index contributed by atoms with van der Waals surface area (Å²) in [5, 5.41) is 4.38. The van der Waals surface area contributed by atoms with Crippen molar-refractivity contribution in [2.45, 2.75) is 13.3 Å². The Labute approximate surface area is 112 Å². The lowest BCUT2D eigenvalue weighted by atomic mass is 10.1. The third-order valence-corrected chi connectivity index (χ3v) is 3.85. The number of carbonyl (C=O) groups excluding carboxylic acids is 1. The van der Waals surface area contributed by atoms with E-state index in [9.17, 15) is 4.79 Å². The van der Waals surface area contributed by atoms with Gasteiger partial charge in [-0.3, -0.25) is 4.79 Å². The van der Waals surface area contributed by atoms with Gasteiger partial charge in [0.05, 0.1) is 6.54 Å². The number of aromatic amines is 1. The lowest BCUT2D eigenvalue weighted by Gasteiger charge is -2.27. The van der Waals surface area contributed by atoms with E-state index in [2.05, 4.69) is 41.6 Å². The number of para-hydroxylation sites is 1. The van der Waals surface area contributed by atoms with Crippen molar-refractivity contribution >= 4 is 16.8 Å². The van der Waals surface area contributed by atoms with Crippen molar-refractivity contribution in [1.29, 1.82) is 0 Å². The van der Waals surface area contributed by atoms with Gasteiger partial charge >= 0.3 is 0 Å². The number of carbonyl (C=O) groups is 1. The van der Waals surface area contributed by atoms with Gasteiger partial charge in [-0.05, 0) is 24.5 Å². The summed E-state index contributed by atoms with van der Waals surface area (Å²) >= 11 is 0. The van der Waals surface area contributed by atoms with Gasteiger partial charge in [-0.15, -0.1) is 0 Å². The van der Waals surface area contributed by atoms with Crippen LogP contribution in [0.3, 0.4) is 0 Å². The Bertz CT molecular complexity index is 602. The second-order valence-corrected chi connectivity index (χ2v) is 5.12. The molecule has 1 fully saturated rings. The number of nitrogens with one attached hydrogen (secondary N) is 2. The first-order valence-corrected chi connectivity index (χ1v) is 6.80. The fraction of sp³-hybridized carbons (Fsp3) is 0.400. The summed E-state index contributed by atoms with van der Waals surface area (Å²) in [5.74, 6) is 0.210. The second kappa shape index (κ2) is 5.05. The Balaban J connectivity index is 1.75. The fourth-order valence-electron chi connectivity index (χ4n) is 2.71. The Kier molecular flexibility index (Phi) is 3.25. The predicted octanol–water partition coefficient (Wildman–Crippen LogP) is 1.45. The number of fused-ring (bicyclic) bond motifs is 1. The van der Waals surface area contributed by atoms with Gasteiger partial charge in [0.1, 0.15) is 0 Å². The summed E-state index contributed by atoms with van der Waals surface area (Å²) in [4.78, 5) is 17.0. The number of amides is 1. The van der Waals surface area contributed by atoms with Crippen LogP contribution in [0.25, 0.3) is 10.9 Å². The lowest BCUT2D eigenvalue weighted by Crippen LogP contribution is -2.48. The smallest absolute Gasteiger partial charge is 0.236 e. The van der Waals surface area contributed by atoms with Gasteiger partial charge in [0, 0.05) is 36.7 Å². The molecular weight excluding hydrogens is 238 g/mol. The molecule has 1 aliphatic rings. The van der Waals surface area contributed by atoms with Crippen molar-refractivity contribution in [3.05, 3.63) is 35.5 Å². The summed E-state index contributed by atoms with van der Waals surface area (Å²) < 4.78 is 0. The first-order valence-electron chi connectivity index (χ1n) is 6.80. The second-order valence-electron chi connectivity index (χ2n) is 5.12. The van der Waals surface area contributed by atoms with Gasteiger partial charge in [0.15, 0.2) is 0 Å². The molecule has 1 aliphatic heterocycles. The van der Waals surface area contributed by atoms with E-state index >= 15 is 0 Å². The fourth-order valence-corrected chi connectivity index (χ4v) is 2.71. The molecule has 0 atom stereocenters. The van der Waals surface area contributed by atoms with Gasteiger partial charge in [-0.2, -0.15) is 0 Å². The molecule has 1 aromatic carbocycles. The molecule has 3 rings (SSSR count). The normalized spacial score (nSPS) is 16.3. The van der Waals surface area contributed by atoms with E-state index in [1.807, 2.05) is 4.90 Å². The number of hydrogen-bond acceptors (Lipinski definition) is 2. The first-order chi connectivity index (χ1) is 9.25. The standard InChI is InChI=1S/C15H19N3O/c1-11-3-2-4-13-12(9-17-15(11)13)5-7-18-8-6-16-10-14(18)19/h2-4,9,16-17H,5-8,10H2,1H3. The maximum atomic E-state index is 11.7. The largest absolute Gasteiger partial charge is 0.361 e. The minimum Gasteiger partial charge on any atom is -0.361 e. The molecule has 2 N–H and O–H groups in total. The Morgan fingerprint density at radius 1 is 1.37 bits per heavy atom. The summed E-state index contributed by atoms with van der Waals surface area (Å²) in [6.45, 7) is 5.12. The van der Waals surface area contributed by atoms with Crippen LogP contribution in [0.4, 0.5) is 0 Å². The van der Waals surface area contributed by atoms with Gasteiger partial charge in [0.2, 0.25) is 5.91 Å². The summed E-state index contributed by atoms with van der Waals surface area (Å²) in [6, 6.07) is 6.35. The summed E-state index contributed by atoms with van der Waals surface area (Å²) in [6.07, 6.45) is 2.99. The van der Waals surface area contributed by atoms with Crippen LogP contribution in [0.5, 0.6) is 0 Å². The van der Waals surface area contributed by atoms with Crippen molar-refractivity contribution in [3.63, 3.8) is 0 Å². The van der Waals surface area contributed by atoms with Crippen molar-refractivity contribution in [3.8, 4) is 0 Å². The van der Waals surface area contributed by atoms with Crippen LogP contribution < -0.4 is 5.32 Å². The topological polar surface area (TPSA) is 48.1 Å². The summed E-state index contributed by atoms with van der Waals surface area (Å²) in [7, 11) is 0. The Morgan fingerprint density at radius 3 is 3.11 bits per heavy atom. The molecule has 4 heteroatoms. The van der Waals surface area contributed by atoms with E-state index in [4.69, 9.17) is 0 Å². The minimum atomic E-state index is 0.210. The average Bonchev–Trinajstić information content (AvgIpc) is 2.83. The number of piperazine rings is 1. The van der Waals surface area contributed by atoms with Gasteiger partial charge < -0.3 is 15.2 Å². The van der Waals surface area contributed by atoms with E-state index in [-0.39, 0.29) is 5.91 Å². The SMILES string of the molecule is Cc1cccc2c(CCN3CCNCC3=O)c[nH]c12. The molecule has 1 saturated heterocycles. The molecule has 100 valence electrons. The molecule has 1 amide bonds. The first kappa shape index (κ1) is 12.2. The summed E-state index contributed by atoms with van der Waals surface area (Å²) in [5.41, 5.74) is 3.77. The number of aromatic nitrogens is 1. The van der Waals surface area contributed by atoms with E-state index in [1.54, 1.807) is 0 Å². The van der Waals surface area contributed by atoms with Crippen LogP contribution >= 0.6 is 0 Å². The molecule has 0 saturated carbocycles. The maximum Gasteiger partial charge on any atom is 0.236 e. The molecule has 0 bridgehead atoms. The zero-order valence-corrected chi connectivity index (χ0v) is 11.2. The number of aryl methyl sites for hydroxylation is 1. The molecule has 1 aromatic heterocycles. The molecule has 2 aromatic rings. The van der Waals surface area contributed by atoms with Crippen molar-refractivity contribution in [2.24, 2.45) is 0 Å². The zero-order chi connectivity index (χ0) is 13.2. The Morgan fingerprint density at radius 2 is 2.26 bits per heavy atom. The average molecular weight is 257 g/mol. The molecular formula is C15H19N3O. The minimum absolute atomic E-state index is 0.210. The molecule has 4 nitrogen and oxygen atoms in total. The van der Waals surface area contributed by atoms with Crippen LogP contribution in [-0.2, 0) is 11.2 Å². The zero-order valence-electron chi connectivity index (χ0n) is 11.2. The van der Waals surface area contributed by atoms with E-state index in [1.165, 1.54) is 22.0 Å². The number of H-pyrrole nitrogens is 1. The number of nitrogens with zero attached hydrogens (tertiary/aromatic N) is 1. The molecule has 2 heterocycles. The van der Waals surface area contributed by atoms with Crippen LogP contribution in [0.1, 0.15) is 11.1 Å². The number of rotatable bonds is 3. The third kappa shape index (κ3) is 2.36. The quantitative estimate of drug-likeness (QED) is 0.874. The van der Waals surface area contributed by atoms with Crippen LogP contribution in [-0.4, -0.2) is 42.0 Å². The monoisotopic (exact) mass is 257 g/mol. The van der Waals surface area contributed by atoms with Crippen LogP contribution in [0, 0.1) is 6.92 Å².